The number of rotatable bonds is 4. The number of ether oxygens (including phenoxy) is 1. The maximum Gasteiger partial charge on any atom is 0.415 e. The predicted octanol–water partition coefficient (Wildman–Crippen LogP) is 0.348. The zero-order valence-electron chi connectivity index (χ0n) is 15.7. The van der Waals surface area contributed by atoms with Gasteiger partial charge in [-0.05, 0) is 20.8 Å². The summed E-state index contributed by atoms with van der Waals surface area (Å²) in [4.78, 5) is 33.9. The zero-order chi connectivity index (χ0) is 19.8. The van der Waals surface area contributed by atoms with E-state index in [1.165, 1.54) is 18.1 Å². The molecule has 27 heavy (non-hydrogen) atoms. The molecule has 0 saturated carbocycles. The third-order valence-electron chi connectivity index (χ3n) is 4.10. The second kappa shape index (κ2) is 7.03. The first-order valence-electron chi connectivity index (χ1n) is 8.59. The quantitative estimate of drug-likeness (QED) is 0.793. The van der Waals surface area contributed by atoms with Crippen LogP contribution in [0, 0.1) is 0 Å². The SMILES string of the molecule is CNC(=O)[C@H]1CN(c2cnc3c(c2)o/c(=N/CCO)n3C(C)(C)C)C(=O)O1. The molecule has 0 spiro atoms. The van der Waals surface area contributed by atoms with Gasteiger partial charge >= 0.3 is 6.09 Å². The van der Waals surface area contributed by atoms with Gasteiger partial charge in [0.1, 0.15) is 0 Å². The fourth-order valence-electron chi connectivity index (χ4n) is 2.88. The normalized spacial score (nSPS) is 18.3. The van der Waals surface area contributed by atoms with Gasteiger partial charge < -0.3 is 19.6 Å². The zero-order valence-corrected chi connectivity index (χ0v) is 15.7. The number of hydrogen-bond donors (Lipinski definition) is 2. The van der Waals surface area contributed by atoms with Crippen LogP contribution in [-0.2, 0) is 15.1 Å². The first kappa shape index (κ1) is 18.9. The Labute approximate surface area is 155 Å². The highest BCUT2D eigenvalue weighted by molar-refractivity contribution is 5.96. The monoisotopic (exact) mass is 377 g/mol. The van der Waals surface area contributed by atoms with Crippen LogP contribution in [0.3, 0.4) is 0 Å². The van der Waals surface area contributed by atoms with Gasteiger partial charge in [0.2, 0.25) is 0 Å². The van der Waals surface area contributed by atoms with Gasteiger partial charge in [0, 0.05) is 18.7 Å². The van der Waals surface area contributed by atoms with Crippen molar-refractivity contribution >= 4 is 28.9 Å². The highest BCUT2D eigenvalue weighted by Crippen LogP contribution is 2.26. The Morgan fingerprint density at radius 2 is 2.22 bits per heavy atom. The maximum absolute atomic E-state index is 12.1. The second-order valence-corrected chi connectivity index (χ2v) is 7.11. The molecule has 10 nitrogen and oxygen atoms in total. The lowest BCUT2D eigenvalue weighted by molar-refractivity contribution is -0.127. The van der Waals surface area contributed by atoms with Gasteiger partial charge in [0.05, 0.1) is 31.6 Å². The Morgan fingerprint density at radius 3 is 2.85 bits per heavy atom. The van der Waals surface area contributed by atoms with Gasteiger partial charge in [-0.15, -0.1) is 0 Å². The van der Waals surface area contributed by atoms with Gasteiger partial charge in [-0.25, -0.2) is 14.8 Å². The molecule has 10 heteroatoms. The molecule has 0 aromatic carbocycles. The second-order valence-electron chi connectivity index (χ2n) is 7.11. The van der Waals surface area contributed by atoms with Crippen molar-refractivity contribution in [2.24, 2.45) is 4.99 Å². The van der Waals surface area contributed by atoms with Gasteiger partial charge in [0.15, 0.2) is 17.3 Å². The van der Waals surface area contributed by atoms with Crippen LogP contribution in [0.15, 0.2) is 21.7 Å². The summed E-state index contributed by atoms with van der Waals surface area (Å²) < 4.78 is 12.7. The fourth-order valence-corrected chi connectivity index (χ4v) is 2.88. The van der Waals surface area contributed by atoms with Crippen LogP contribution in [0.25, 0.3) is 11.2 Å². The average molecular weight is 377 g/mol. The van der Waals surface area contributed by atoms with E-state index in [-0.39, 0.29) is 31.1 Å². The van der Waals surface area contributed by atoms with E-state index in [0.29, 0.717) is 22.6 Å². The highest BCUT2D eigenvalue weighted by atomic mass is 16.6. The van der Waals surface area contributed by atoms with E-state index in [4.69, 9.17) is 14.3 Å². The number of aliphatic hydroxyl groups is 1. The van der Waals surface area contributed by atoms with Crippen LogP contribution in [0.1, 0.15) is 20.8 Å². The summed E-state index contributed by atoms with van der Waals surface area (Å²) in [5, 5.41) is 11.5. The van der Waals surface area contributed by atoms with E-state index in [9.17, 15) is 9.59 Å². The minimum Gasteiger partial charge on any atom is -0.434 e. The topological polar surface area (TPSA) is 122 Å². The summed E-state index contributed by atoms with van der Waals surface area (Å²) in [6.07, 6.45) is 0.0401. The maximum atomic E-state index is 12.1. The Morgan fingerprint density at radius 1 is 1.48 bits per heavy atom. The Balaban J connectivity index is 2.04. The number of cyclic esters (lactones) is 1. The molecule has 1 atom stereocenters. The van der Waals surface area contributed by atoms with Crippen molar-refractivity contribution in [3.8, 4) is 0 Å². The summed E-state index contributed by atoms with van der Waals surface area (Å²) >= 11 is 0. The van der Waals surface area contributed by atoms with Crippen LogP contribution in [0.5, 0.6) is 0 Å². The van der Waals surface area contributed by atoms with Crippen molar-refractivity contribution in [1.29, 1.82) is 0 Å². The third-order valence-corrected chi connectivity index (χ3v) is 4.10. The smallest absolute Gasteiger partial charge is 0.415 e. The number of likely N-dealkylation sites (N-methyl/N-ethyl adjacent to an activating group) is 1. The number of carbonyl (C=O) groups excluding carboxylic acids is 2. The molecular formula is C17H23N5O5. The van der Waals surface area contributed by atoms with E-state index >= 15 is 0 Å². The number of oxazole rings is 1. The van der Waals surface area contributed by atoms with Gasteiger partial charge in [-0.3, -0.25) is 14.3 Å². The summed E-state index contributed by atoms with van der Waals surface area (Å²) in [6.45, 7) is 6.16. The molecule has 0 radical (unpaired) electrons. The number of anilines is 1. The van der Waals surface area contributed by atoms with E-state index in [1.807, 2.05) is 25.3 Å². The lowest BCUT2D eigenvalue weighted by Gasteiger charge is -2.20. The molecule has 0 bridgehead atoms. The number of pyridine rings is 1. The molecule has 2 N–H and O–H groups in total. The number of nitrogens with one attached hydrogen (secondary N) is 1. The molecule has 1 aliphatic heterocycles. The number of carbonyl (C=O) groups is 2. The van der Waals surface area contributed by atoms with E-state index in [1.54, 1.807) is 6.07 Å². The number of aliphatic hydroxyl groups excluding tert-OH is 1. The number of hydrogen-bond acceptors (Lipinski definition) is 7. The van der Waals surface area contributed by atoms with Gasteiger partial charge in [-0.1, -0.05) is 0 Å². The first-order valence-corrected chi connectivity index (χ1v) is 8.59. The molecule has 0 aliphatic carbocycles. The molecule has 1 saturated heterocycles. The van der Waals surface area contributed by atoms with Crippen LogP contribution < -0.4 is 15.9 Å². The van der Waals surface area contributed by atoms with Crippen molar-refractivity contribution in [3.05, 3.63) is 17.9 Å². The molecule has 2 amide bonds. The van der Waals surface area contributed by atoms with Crippen molar-refractivity contribution in [1.82, 2.24) is 14.9 Å². The number of amides is 2. The van der Waals surface area contributed by atoms with E-state index in [2.05, 4.69) is 15.3 Å². The molecule has 2 aromatic rings. The van der Waals surface area contributed by atoms with Crippen molar-refractivity contribution in [2.75, 3.05) is 31.6 Å². The molecule has 0 unspecified atom stereocenters. The van der Waals surface area contributed by atoms with Crippen molar-refractivity contribution < 1.29 is 23.8 Å². The standard InChI is InChI=1S/C17H23N5O5/c1-17(2,3)22-13-11(26-15(22)19-5-6-23)7-10(8-20-13)21-9-12(14(24)18-4)27-16(21)25/h7-8,12,23H,5-6,9H2,1-4H3,(H,18,24)/b19-15+/t12-/m1/s1. The van der Waals surface area contributed by atoms with Gasteiger partial charge in [-0.2, -0.15) is 0 Å². The molecule has 3 heterocycles. The third kappa shape index (κ3) is 3.52. The van der Waals surface area contributed by atoms with E-state index < -0.39 is 12.2 Å². The lowest BCUT2D eigenvalue weighted by Crippen LogP contribution is -2.35. The predicted molar refractivity (Wildman–Crippen MR) is 96.2 cm³/mol. The largest absolute Gasteiger partial charge is 0.434 e. The van der Waals surface area contributed by atoms with Crippen LogP contribution in [0.2, 0.25) is 0 Å². The summed E-state index contributed by atoms with van der Waals surface area (Å²) in [5.41, 5.74) is 1.45. The van der Waals surface area contributed by atoms with Crippen molar-refractivity contribution in [3.63, 3.8) is 0 Å². The minimum atomic E-state index is -0.871. The fraction of sp³-hybridized carbons (Fsp3) is 0.529. The molecule has 3 rings (SSSR count). The highest BCUT2D eigenvalue weighted by Gasteiger charge is 2.37. The number of fused-ring (bicyclic) bond motifs is 1. The van der Waals surface area contributed by atoms with Crippen LogP contribution in [0.4, 0.5) is 10.5 Å². The average Bonchev–Trinajstić information content (AvgIpc) is 3.18. The summed E-state index contributed by atoms with van der Waals surface area (Å²) in [6, 6.07) is 1.66. The number of aromatic nitrogens is 2. The minimum absolute atomic E-state index is 0.0907. The van der Waals surface area contributed by atoms with Crippen LogP contribution in [-0.4, -0.2) is 59.5 Å². The van der Waals surface area contributed by atoms with Crippen LogP contribution >= 0.6 is 0 Å². The van der Waals surface area contributed by atoms with Gasteiger partial charge in [0.25, 0.3) is 11.6 Å². The summed E-state index contributed by atoms with van der Waals surface area (Å²) in [7, 11) is 1.48. The molecular weight excluding hydrogens is 354 g/mol. The van der Waals surface area contributed by atoms with Crippen molar-refractivity contribution in [2.45, 2.75) is 32.4 Å². The molecule has 146 valence electrons. The number of nitrogens with zero attached hydrogens (tertiary/aromatic N) is 4. The Kier molecular flexibility index (Phi) is 4.92. The first-order chi connectivity index (χ1) is 12.8. The lowest BCUT2D eigenvalue weighted by atomic mass is 10.1. The molecule has 2 aromatic heterocycles. The molecule has 1 aliphatic rings. The Bertz CT molecular complexity index is 939. The summed E-state index contributed by atoms with van der Waals surface area (Å²) in [5.74, 6) is -0.367. The Hall–Kier alpha value is -2.88. The molecule has 1 fully saturated rings. The van der Waals surface area contributed by atoms with E-state index in [0.717, 1.165) is 0 Å².